The number of anilines is 1. The predicted octanol–water partition coefficient (Wildman–Crippen LogP) is 2.10. The summed E-state index contributed by atoms with van der Waals surface area (Å²) in [5, 5.41) is 2.87. The number of hydrazine groups is 1. The van der Waals surface area contributed by atoms with Gasteiger partial charge in [-0.2, -0.15) is 0 Å². The lowest BCUT2D eigenvalue weighted by Crippen LogP contribution is -2.06. The largest absolute Gasteiger partial charge is 0.308 e. The second-order valence-corrected chi connectivity index (χ2v) is 3.41. The van der Waals surface area contributed by atoms with Crippen LogP contribution in [0.15, 0.2) is 35.7 Å². The van der Waals surface area contributed by atoms with E-state index in [0.29, 0.717) is 5.82 Å². The predicted molar refractivity (Wildman–Crippen MR) is 55.4 cm³/mol. The molecule has 3 nitrogen and oxygen atoms in total. The normalized spacial score (nSPS) is 9.92. The number of aromatic nitrogens is 1. The number of hydrogen-bond donors (Lipinski definition) is 2. The maximum absolute atomic E-state index is 5.24. The standard InChI is InChI=1S/C9H9N3S/c10-12-8-6-13-9(11-8)7-4-2-1-3-5-7/h1-6,12H,10H2. The van der Waals surface area contributed by atoms with Gasteiger partial charge in [-0.05, 0) is 0 Å². The van der Waals surface area contributed by atoms with Crippen molar-refractivity contribution in [3.05, 3.63) is 35.7 Å². The van der Waals surface area contributed by atoms with E-state index in [1.165, 1.54) is 0 Å². The molecular formula is C9H9N3S. The molecule has 0 saturated carbocycles. The summed E-state index contributed by atoms with van der Waals surface area (Å²) in [5.41, 5.74) is 3.64. The fourth-order valence-electron chi connectivity index (χ4n) is 1.05. The van der Waals surface area contributed by atoms with Gasteiger partial charge in [-0.1, -0.05) is 30.3 Å². The van der Waals surface area contributed by atoms with Gasteiger partial charge in [0.2, 0.25) is 0 Å². The van der Waals surface area contributed by atoms with Crippen LogP contribution < -0.4 is 11.3 Å². The molecule has 66 valence electrons. The molecule has 0 fully saturated rings. The van der Waals surface area contributed by atoms with Crippen molar-refractivity contribution in [1.82, 2.24) is 4.98 Å². The molecule has 0 aliphatic heterocycles. The Hall–Kier alpha value is -1.39. The minimum Gasteiger partial charge on any atom is -0.308 e. The Bertz CT molecular complexity index is 383. The highest BCUT2D eigenvalue weighted by Gasteiger charge is 2.01. The van der Waals surface area contributed by atoms with Crippen LogP contribution >= 0.6 is 11.3 Å². The average Bonchev–Trinajstić information content (AvgIpc) is 2.67. The van der Waals surface area contributed by atoms with E-state index in [-0.39, 0.29) is 0 Å². The monoisotopic (exact) mass is 191 g/mol. The lowest BCUT2D eigenvalue weighted by Gasteiger charge is -1.93. The van der Waals surface area contributed by atoms with Gasteiger partial charge < -0.3 is 5.43 Å². The first-order chi connectivity index (χ1) is 6.40. The summed E-state index contributed by atoms with van der Waals surface area (Å²) in [4.78, 5) is 4.28. The molecule has 0 saturated heterocycles. The summed E-state index contributed by atoms with van der Waals surface area (Å²) >= 11 is 1.57. The number of nitrogen functional groups attached to an aromatic ring is 1. The first-order valence-electron chi connectivity index (χ1n) is 3.88. The molecule has 0 amide bonds. The maximum Gasteiger partial charge on any atom is 0.151 e. The number of rotatable bonds is 2. The van der Waals surface area contributed by atoms with Crippen molar-refractivity contribution in [2.75, 3.05) is 5.43 Å². The molecule has 1 heterocycles. The van der Waals surface area contributed by atoms with Crippen LogP contribution in [0.1, 0.15) is 0 Å². The van der Waals surface area contributed by atoms with Gasteiger partial charge in [-0.15, -0.1) is 11.3 Å². The van der Waals surface area contributed by atoms with Crippen LogP contribution in [0.5, 0.6) is 0 Å². The van der Waals surface area contributed by atoms with E-state index in [1.54, 1.807) is 11.3 Å². The lowest BCUT2D eigenvalue weighted by molar-refractivity contribution is 1.27. The molecule has 13 heavy (non-hydrogen) atoms. The zero-order valence-corrected chi connectivity index (χ0v) is 7.71. The van der Waals surface area contributed by atoms with E-state index in [9.17, 15) is 0 Å². The van der Waals surface area contributed by atoms with Gasteiger partial charge in [0.15, 0.2) is 5.82 Å². The molecule has 4 heteroatoms. The zero-order valence-electron chi connectivity index (χ0n) is 6.90. The molecule has 1 aromatic heterocycles. The average molecular weight is 191 g/mol. The van der Waals surface area contributed by atoms with E-state index < -0.39 is 0 Å². The van der Waals surface area contributed by atoms with E-state index in [0.717, 1.165) is 10.6 Å². The van der Waals surface area contributed by atoms with Gasteiger partial charge in [-0.25, -0.2) is 10.8 Å². The van der Waals surface area contributed by atoms with Gasteiger partial charge >= 0.3 is 0 Å². The Labute approximate surface area is 80.2 Å². The van der Waals surface area contributed by atoms with Gasteiger partial charge in [-0.3, -0.25) is 0 Å². The first-order valence-corrected chi connectivity index (χ1v) is 4.75. The number of hydrogen-bond acceptors (Lipinski definition) is 4. The highest BCUT2D eigenvalue weighted by Crippen LogP contribution is 2.24. The highest BCUT2D eigenvalue weighted by atomic mass is 32.1. The molecule has 0 atom stereocenters. The molecule has 1 aromatic carbocycles. The molecule has 0 spiro atoms. The summed E-state index contributed by atoms with van der Waals surface area (Å²) in [6.45, 7) is 0. The molecule has 0 unspecified atom stereocenters. The molecule has 0 aliphatic carbocycles. The highest BCUT2D eigenvalue weighted by molar-refractivity contribution is 7.13. The van der Waals surface area contributed by atoms with Crippen LogP contribution in [0.2, 0.25) is 0 Å². The van der Waals surface area contributed by atoms with Crippen molar-refractivity contribution in [3.8, 4) is 10.6 Å². The number of nitrogens with two attached hydrogens (primary N) is 1. The van der Waals surface area contributed by atoms with E-state index in [4.69, 9.17) is 5.84 Å². The van der Waals surface area contributed by atoms with Crippen LogP contribution in [0.3, 0.4) is 0 Å². The lowest BCUT2D eigenvalue weighted by atomic mass is 10.2. The topological polar surface area (TPSA) is 50.9 Å². The summed E-state index contributed by atoms with van der Waals surface area (Å²) < 4.78 is 0. The van der Waals surface area contributed by atoms with Crippen LogP contribution in [-0.2, 0) is 0 Å². The molecule has 3 N–H and O–H groups in total. The molecule has 0 aliphatic rings. The minimum absolute atomic E-state index is 0.712. The van der Waals surface area contributed by atoms with Crippen LogP contribution in [0.25, 0.3) is 10.6 Å². The third-order valence-electron chi connectivity index (χ3n) is 1.67. The summed E-state index contributed by atoms with van der Waals surface area (Å²) in [6, 6.07) is 10.0. The van der Waals surface area contributed by atoms with E-state index in [1.807, 2.05) is 35.7 Å². The van der Waals surface area contributed by atoms with E-state index >= 15 is 0 Å². The third-order valence-corrected chi connectivity index (χ3v) is 2.56. The Morgan fingerprint density at radius 3 is 2.62 bits per heavy atom. The Balaban J connectivity index is 2.36. The van der Waals surface area contributed by atoms with Gasteiger partial charge in [0.05, 0.1) is 0 Å². The van der Waals surface area contributed by atoms with Gasteiger partial charge in [0.1, 0.15) is 5.01 Å². The fraction of sp³-hybridized carbons (Fsp3) is 0. The van der Waals surface area contributed by atoms with Gasteiger partial charge in [0, 0.05) is 10.9 Å². The SMILES string of the molecule is NNc1csc(-c2ccccc2)n1. The summed E-state index contributed by atoms with van der Waals surface area (Å²) in [7, 11) is 0. The summed E-state index contributed by atoms with van der Waals surface area (Å²) in [6.07, 6.45) is 0. The summed E-state index contributed by atoms with van der Waals surface area (Å²) in [5.74, 6) is 5.95. The minimum atomic E-state index is 0.712. The van der Waals surface area contributed by atoms with Crippen molar-refractivity contribution < 1.29 is 0 Å². The van der Waals surface area contributed by atoms with Crippen molar-refractivity contribution in [1.29, 1.82) is 0 Å². The molecular weight excluding hydrogens is 182 g/mol. The van der Waals surface area contributed by atoms with Crippen molar-refractivity contribution in [2.24, 2.45) is 5.84 Å². The quantitative estimate of drug-likeness (QED) is 0.564. The number of thiazole rings is 1. The fourth-order valence-corrected chi connectivity index (χ4v) is 1.82. The Morgan fingerprint density at radius 1 is 1.23 bits per heavy atom. The number of nitrogens with one attached hydrogen (secondary N) is 1. The number of nitrogens with zero attached hydrogens (tertiary/aromatic N) is 1. The van der Waals surface area contributed by atoms with Crippen molar-refractivity contribution in [2.45, 2.75) is 0 Å². The Morgan fingerprint density at radius 2 is 2.00 bits per heavy atom. The maximum atomic E-state index is 5.24. The molecule has 2 rings (SSSR count). The second kappa shape index (κ2) is 3.55. The van der Waals surface area contributed by atoms with E-state index in [2.05, 4.69) is 10.4 Å². The molecule has 2 aromatic rings. The van der Waals surface area contributed by atoms with Crippen LogP contribution in [0, 0.1) is 0 Å². The van der Waals surface area contributed by atoms with Crippen molar-refractivity contribution >= 4 is 17.2 Å². The molecule has 0 radical (unpaired) electrons. The van der Waals surface area contributed by atoms with Crippen LogP contribution in [0.4, 0.5) is 5.82 Å². The van der Waals surface area contributed by atoms with Crippen LogP contribution in [-0.4, -0.2) is 4.98 Å². The Kier molecular flexibility index (Phi) is 2.25. The zero-order chi connectivity index (χ0) is 9.10. The van der Waals surface area contributed by atoms with Crippen molar-refractivity contribution in [3.63, 3.8) is 0 Å². The molecule has 0 bridgehead atoms. The smallest absolute Gasteiger partial charge is 0.151 e. The first kappa shape index (κ1) is 8.22. The van der Waals surface area contributed by atoms with Gasteiger partial charge in [0.25, 0.3) is 0 Å². The second-order valence-electron chi connectivity index (χ2n) is 2.55. The third kappa shape index (κ3) is 1.68. The number of benzene rings is 1.